The van der Waals surface area contributed by atoms with E-state index in [1.165, 1.54) is 7.11 Å². The minimum Gasteiger partial charge on any atom is -0.399 e. The summed E-state index contributed by atoms with van der Waals surface area (Å²) in [5, 5.41) is 9.70. The summed E-state index contributed by atoms with van der Waals surface area (Å²) in [5.74, 6) is -0.427. The summed E-state index contributed by atoms with van der Waals surface area (Å²) < 4.78 is 0. The van der Waals surface area contributed by atoms with Crippen molar-refractivity contribution in [3.8, 4) is 0 Å². The fourth-order valence-electron chi connectivity index (χ4n) is 1.99. The number of carbonyl (C=O) groups is 2. The quantitative estimate of drug-likeness (QED) is 0.453. The fourth-order valence-corrected chi connectivity index (χ4v) is 2.12. The van der Waals surface area contributed by atoms with Gasteiger partial charge in [-0.2, -0.15) is 0 Å². The van der Waals surface area contributed by atoms with E-state index in [1.54, 1.807) is 54.7 Å². The maximum atomic E-state index is 12.0. The van der Waals surface area contributed by atoms with Crippen LogP contribution in [-0.2, 0) is 4.84 Å². The van der Waals surface area contributed by atoms with Gasteiger partial charge >= 0.3 is 0 Å². The molecule has 0 fully saturated rings. The molecular weight excluding hydrogens is 342 g/mol. The van der Waals surface area contributed by atoms with Gasteiger partial charge < -0.3 is 15.5 Å². The molecule has 0 heterocycles. The Morgan fingerprint density at radius 1 is 0.960 bits per heavy atom. The third kappa shape index (κ3) is 5.93. The number of hydrogen-bond donors (Lipinski definition) is 2. The monoisotopic (exact) mass is 359 g/mol. The topological polar surface area (TPSA) is 79.8 Å². The molecule has 2 amide bonds. The molecule has 6 nitrogen and oxygen atoms in total. The van der Waals surface area contributed by atoms with Crippen LogP contribution in [0.1, 0.15) is 26.3 Å². The number of oxime groups is 1. The van der Waals surface area contributed by atoms with Gasteiger partial charge in [-0.3, -0.25) is 9.59 Å². The molecular formula is C18H18ClN3O3. The average molecular weight is 360 g/mol. The molecule has 0 aliphatic carbocycles. The first-order valence-electron chi connectivity index (χ1n) is 7.58. The highest BCUT2D eigenvalue weighted by molar-refractivity contribution is 6.30. The van der Waals surface area contributed by atoms with E-state index in [-0.39, 0.29) is 11.8 Å². The lowest BCUT2D eigenvalue weighted by Gasteiger charge is -2.07. The van der Waals surface area contributed by atoms with Crippen LogP contribution in [0.15, 0.2) is 53.7 Å². The summed E-state index contributed by atoms with van der Waals surface area (Å²) in [6.45, 7) is 0.650. The fraction of sp³-hybridized carbons (Fsp3) is 0.167. The van der Waals surface area contributed by atoms with Crippen LogP contribution in [0.2, 0.25) is 5.02 Å². The van der Waals surface area contributed by atoms with Crippen LogP contribution in [0.25, 0.3) is 0 Å². The van der Waals surface area contributed by atoms with Gasteiger partial charge in [0, 0.05) is 29.2 Å². The van der Waals surface area contributed by atoms with Crippen molar-refractivity contribution < 1.29 is 14.4 Å². The van der Waals surface area contributed by atoms with E-state index >= 15 is 0 Å². The molecule has 2 N–H and O–H groups in total. The lowest BCUT2D eigenvalue weighted by Crippen LogP contribution is -2.34. The Kier molecular flexibility index (Phi) is 6.98. The van der Waals surface area contributed by atoms with Gasteiger partial charge in [-0.1, -0.05) is 28.9 Å². The standard InChI is InChI=1S/C18H18ClN3O3/c1-25-22-12-13-2-4-14(5-3-13)17(23)20-10-11-21-18(24)15-6-8-16(19)9-7-15/h2-9,12H,10-11H2,1H3,(H,20,23)(H,21,24)/b22-12+. The molecule has 0 unspecified atom stereocenters. The van der Waals surface area contributed by atoms with Gasteiger partial charge in [-0.05, 0) is 42.0 Å². The maximum absolute atomic E-state index is 12.0. The van der Waals surface area contributed by atoms with E-state index < -0.39 is 0 Å². The number of halogens is 1. The third-order valence-electron chi connectivity index (χ3n) is 3.28. The molecule has 0 aliphatic heterocycles. The molecule has 2 aromatic rings. The van der Waals surface area contributed by atoms with Crippen LogP contribution in [0.5, 0.6) is 0 Å². The molecule has 0 radical (unpaired) electrons. The van der Waals surface area contributed by atoms with Gasteiger partial charge in [0.05, 0.1) is 6.21 Å². The Morgan fingerprint density at radius 2 is 1.44 bits per heavy atom. The number of rotatable bonds is 7. The highest BCUT2D eigenvalue weighted by Crippen LogP contribution is 2.09. The summed E-state index contributed by atoms with van der Waals surface area (Å²) in [6.07, 6.45) is 1.55. The molecule has 0 aromatic heterocycles. The zero-order chi connectivity index (χ0) is 18.1. The molecule has 25 heavy (non-hydrogen) atoms. The van der Waals surface area contributed by atoms with Crippen molar-refractivity contribution in [1.29, 1.82) is 0 Å². The average Bonchev–Trinajstić information content (AvgIpc) is 2.64. The molecule has 130 valence electrons. The Balaban J connectivity index is 1.75. The van der Waals surface area contributed by atoms with Crippen molar-refractivity contribution in [1.82, 2.24) is 10.6 Å². The van der Waals surface area contributed by atoms with Crippen LogP contribution in [0.3, 0.4) is 0 Å². The first-order valence-corrected chi connectivity index (χ1v) is 7.96. The minimum absolute atomic E-state index is 0.212. The van der Waals surface area contributed by atoms with E-state index in [4.69, 9.17) is 11.6 Å². The summed E-state index contributed by atoms with van der Waals surface area (Å²) in [4.78, 5) is 28.5. The Hall–Kier alpha value is -2.86. The number of hydrogen-bond acceptors (Lipinski definition) is 4. The second kappa shape index (κ2) is 9.44. The van der Waals surface area contributed by atoms with Crippen LogP contribution in [-0.4, -0.2) is 38.2 Å². The summed E-state index contributed by atoms with van der Waals surface area (Å²) in [7, 11) is 1.46. The van der Waals surface area contributed by atoms with Gasteiger partial charge in [0.2, 0.25) is 0 Å². The largest absolute Gasteiger partial charge is 0.399 e. The first-order chi connectivity index (χ1) is 12.1. The van der Waals surface area contributed by atoms with Crippen molar-refractivity contribution in [2.45, 2.75) is 0 Å². The van der Waals surface area contributed by atoms with Gasteiger partial charge in [0.15, 0.2) is 0 Å². The van der Waals surface area contributed by atoms with E-state index in [2.05, 4.69) is 20.6 Å². The van der Waals surface area contributed by atoms with E-state index in [0.717, 1.165) is 5.56 Å². The molecule has 2 rings (SSSR count). The summed E-state index contributed by atoms with van der Waals surface area (Å²) in [6, 6.07) is 13.5. The molecule has 0 saturated heterocycles. The van der Waals surface area contributed by atoms with Crippen molar-refractivity contribution >= 4 is 29.6 Å². The molecule has 0 saturated carbocycles. The number of carbonyl (C=O) groups excluding carboxylic acids is 2. The van der Waals surface area contributed by atoms with Gasteiger partial charge in [-0.25, -0.2) is 0 Å². The Morgan fingerprint density at radius 3 is 1.92 bits per heavy atom. The third-order valence-corrected chi connectivity index (χ3v) is 3.53. The zero-order valence-electron chi connectivity index (χ0n) is 13.7. The lowest BCUT2D eigenvalue weighted by atomic mass is 10.1. The smallest absolute Gasteiger partial charge is 0.251 e. The number of benzene rings is 2. The predicted octanol–water partition coefficient (Wildman–Crippen LogP) is 2.48. The van der Waals surface area contributed by atoms with Gasteiger partial charge in [-0.15, -0.1) is 0 Å². The summed E-state index contributed by atoms with van der Waals surface area (Å²) in [5.41, 5.74) is 1.87. The van der Waals surface area contributed by atoms with Gasteiger partial charge in [0.1, 0.15) is 7.11 Å². The van der Waals surface area contributed by atoms with Gasteiger partial charge in [0.25, 0.3) is 11.8 Å². The van der Waals surface area contributed by atoms with Crippen LogP contribution in [0, 0.1) is 0 Å². The van der Waals surface area contributed by atoms with Crippen LogP contribution < -0.4 is 10.6 Å². The van der Waals surface area contributed by atoms with Crippen molar-refractivity contribution in [2.24, 2.45) is 5.16 Å². The molecule has 0 spiro atoms. The van der Waals surface area contributed by atoms with Crippen molar-refractivity contribution in [2.75, 3.05) is 20.2 Å². The van der Waals surface area contributed by atoms with E-state index in [9.17, 15) is 9.59 Å². The number of nitrogens with one attached hydrogen (secondary N) is 2. The predicted molar refractivity (Wildman–Crippen MR) is 97.2 cm³/mol. The Labute approximate surface area is 150 Å². The second-order valence-electron chi connectivity index (χ2n) is 5.06. The molecule has 0 atom stereocenters. The number of nitrogens with zero attached hydrogens (tertiary/aromatic N) is 1. The zero-order valence-corrected chi connectivity index (χ0v) is 14.4. The van der Waals surface area contributed by atoms with Crippen LogP contribution in [0.4, 0.5) is 0 Å². The van der Waals surface area contributed by atoms with Crippen LogP contribution >= 0.6 is 11.6 Å². The molecule has 2 aromatic carbocycles. The summed E-state index contributed by atoms with van der Waals surface area (Å²) >= 11 is 5.78. The molecule has 7 heteroatoms. The first kappa shape index (κ1) is 18.5. The normalized spacial score (nSPS) is 10.5. The van der Waals surface area contributed by atoms with E-state index in [1.807, 2.05) is 0 Å². The lowest BCUT2D eigenvalue weighted by molar-refractivity contribution is 0.0927. The molecule has 0 bridgehead atoms. The molecule has 0 aliphatic rings. The van der Waals surface area contributed by atoms with Crippen molar-refractivity contribution in [3.05, 3.63) is 70.2 Å². The minimum atomic E-state index is -0.215. The highest BCUT2D eigenvalue weighted by atomic mass is 35.5. The SMILES string of the molecule is CO/N=C/c1ccc(C(=O)NCCNC(=O)c2ccc(Cl)cc2)cc1. The maximum Gasteiger partial charge on any atom is 0.251 e. The van der Waals surface area contributed by atoms with Crippen molar-refractivity contribution in [3.63, 3.8) is 0 Å². The highest BCUT2D eigenvalue weighted by Gasteiger charge is 2.06. The van der Waals surface area contributed by atoms with E-state index in [0.29, 0.717) is 29.2 Å². The second-order valence-corrected chi connectivity index (χ2v) is 5.49. The Bertz CT molecular complexity index is 743. The number of amides is 2.